The van der Waals surface area contributed by atoms with Crippen LogP contribution >= 0.6 is 0 Å². The number of ether oxygens (including phenoxy) is 1. The Morgan fingerprint density at radius 3 is 2.19 bits per heavy atom. The number of likely N-dealkylation sites (tertiary alicyclic amines) is 1. The van der Waals surface area contributed by atoms with Gasteiger partial charge in [-0.05, 0) is 31.1 Å². The Balaban J connectivity index is 2.07. The molecule has 0 bridgehead atoms. The van der Waals surface area contributed by atoms with E-state index in [0.29, 0.717) is 6.10 Å². The van der Waals surface area contributed by atoms with Crippen molar-refractivity contribution in [3.05, 3.63) is 0 Å². The molecule has 0 radical (unpaired) electrons. The van der Waals surface area contributed by atoms with Gasteiger partial charge in [0.1, 0.15) is 0 Å². The third-order valence-electron chi connectivity index (χ3n) is 3.21. The molecule has 2 heteroatoms. The molecule has 1 saturated heterocycles. The van der Waals surface area contributed by atoms with E-state index in [9.17, 15) is 0 Å². The first-order chi connectivity index (χ1) is 7.58. The second-order valence-electron chi connectivity index (χ2n) is 5.95. The second kappa shape index (κ2) is 7.29. The number of rotatable bonds is 6. The van der Waals surface area contributed by atoms with Crippen molar-refractivity contribution in [2.24, 2.45) is 11.8 Å². The van der Waals surface area contributed by atoms with Crippen LogP contribution in [0, 0.1) is 11.8 Å². The Bertz CT molecular complexity index is 172. The lowest BCUT2D eigenvalue weighted by molar-refractivity contribution is 0.00135. The van der Waals surface area contributed by atoms with E-state index < -0.39 is 0 Å². The Hall–Kier alpha value is -0.0800. The summed E-state index contributed by atoms with van der Waals surface area (Å²) < 4.78 is 5.92. The first-order valence-corrected chi connectivity index (χ1v) is 6.92. The molecule has 16 heavy (non-hydrogen) atoms. The Kier molecular flexibility index (Phi) is 6.37. The molecule has 0 saturated carbocycles. The van der Waals surface area contributed by atoms with Crippen LogP contribution in [-0.4, -0.2) is 37.2 Å². The zero-order chi connectivity index (χ0) is 12.0. The van der Waals surface area contributed by atoms with Crippen LogP contribution in [0.5, 0.6) is 0 Å². The molecule has 0 spiro atoms. The molecule has 0 aromatic heterocycles. The average molecular weight is 227 g/mol. The van der Waals surface area contributed by atoms with Gasteiger partial charge < -0.3 is 9.64 Å². The lowest BCUT2D eigenvalue weighted by Crippen LogP contribution is -2.39. The zero-order valence-corrected chi connectivity index (χ0v) is 11.5. The van der Waals surface area contributed by atoms with Gasteiger partial charge in [-0.2, -0.15) is 0 Å². The lowest BCUT2D eigenvalue weighted by Gasteiger charge is -2.33. The number of hydrogen-bond donors (Lipinski definition) is 0. The maximum Gasteiger partial charge on any atom is 0.0599 e. The number of piperidine rings is 1. The van der Waals surface area contributed by atoms with Crippen LogP contribution in [-0.2, 0) is 4.74 Å². The molecule has 0 aliphatic carbocycles. The van der Waals surface area contributed by atoms with Crippen molar-refractivity contribution < 1.29 is 4.74 Å². The normalized spacial score (nSPS) is 19.9. The third kappa shape index (κ3) is 5.86. The lowest BCUT2D eigenvalue weighted by atomic mass is 10.1. The fourth-order valence-corrected chi connectivity index (χ4v) is 2.25. The molecule has 96 valence electrons. The first kappa shape index (κ1) is 14.0. The van der Waals surface area contributed by atoms with Crippen molar-refractivity contribution in [3.8, 4) is 0 Å². The van der Waals surface area contributed by atoms with Gasteiger partial charge in [-0.25, -0.2) is 0 Å². The van der Waals surface area contributed by atoms with Gasteiger partial charge in [-0.3, -0.25) is 0 Å². The topological polar surface area (TPSA) is 12.5 Å². The van der Waals surface area contributed by atoms with Crippen molar-refractivity contribution in [1.82, 2.24) is 4.90 Å². The van der Waals surface area contributed by atoms with E-state index >= 15 is 0 Å². The fraction of sp³-hybridized carbons (Fsp3) is 1.00. The average Bonchev–Trinajstić information content (AvgIpc) is 2.19. The van der Waals surface area contributed by atoms with Crippen LogP contribution in [0.3, 0.4) is 0 Å². The summed E-state index contributed by atoms with van der Waals surface area (Å²) in [6, 6.07) is 0. The van der Waals surface area contributed by atoms with Gasteiger partial charge >= 0.3 is 0 Å². The van der Waals surface area contributed by atoms with E-state index in [2.05, 4.69) is 32.6 Å². The minimum atomic E-state index is 0.530. The van der Waals surface area contributed by atoms with Crippen molar-refractivity contribution in [3.63, 3.8) is 0 Å². The molecule has 1 heterocycles. The molecule has 1 aliphatic rings. The molecule has 0 unspecified atom stereocenters. The maximum absolute atomic E-state index is 5.92. The fourth-order valence-electron chi connectivity index (χ4n) is 2.25. The monoisotopic (exact) mass is 227 g/mol. The first-order valence-electron chi connectivity index (χ1n) is 6.92. The summed E-state index contributed by atoms with van der Waals surface area (Å²) in [4.78, 5) is 2.58. The van der Waals surface area contributed by atoms with E-state index in [4.69, 9.17) is 4.74 Å². The van der Waals surface area contributed by atoms with Crippen molar-refractivity contribution in [2.75, 3.05) is 26.2 Å². The SMILES string of the molecule is CC(C)CCOC1CCN(CC(C)C)CC1. The smallest absolute Gasteiger partial charge is 0.0599 e. The van der Waals surface area contributed by atoms with E-state index in [-0.39, 0.29) is 0 Å². The molecule has 0 aromatic rings. The van der Waals surface area contributed by atoms with Gasteiger partial charge in [0.25, 0.3) is 0 Å². The van der Waals surface area contributed by atoms with Crippen LogP contribution in [0.15, 0.2) is 0 Å². The number of nitrogens with zero attached hydrogens (tertiary/aromatic N) is 1. The summed E-state index contributed by atoms with van der Waals surface area (Å²) in [7, 11) is 0. The summed E-state index contributed by atoms with van der Waals surface area (Å²) in [5.41, 5.74) is 0. The maximum atomic E-state index is 5.92. The van der Waals surface area contributed by atoms with E-state index in [1.54, 1.807) is 0 Å². The molecule has 0 aromatic carbocycles. The minimum Gasteiger partial charge on any atom is -0.378 e. The highest BCUT2D eigenvalue weighted by molar-refractivity contribution is 4.73. The van der Waals surface area contributed by atoms with Gasteiger partial charge in [-0.1, -0.05) is 27.7 Å². The van der Waals surface area contributed by atoms with Crippen molar-refractivity contribution in [2.45, 2.75) is 53.1 Å². The number of hydrogen-bond acceptors (Lipinski definition) is 2. The molecular weight excluding hydrogens is 198 g/mol. The predicted molar refractivity (Wildman–Crippen MR) is 69.7 cm³/mol. The van der Waals surface area contributed by atoms with E-state index in [1.165, 1.54) is 38.9 Å². The van der Waals surface area contributed by atoms with Crippen LogP contribution in [0.2, 0.25) is 0 Å². The van der Waals surface area contributed by atoms with Gasteiger partial charge in [0, 0.05) is 26.2 Å². The predicted octanol–water partition coefficient (Wildman–Crippen LogP) is 3.17. The molecule has 0 amide bonds. The van der Waals surface area contributed by atoms with E-state index in [1.807, 2.05) is 0 Å². The largest absolute Gasteiger partial charge is 0.378 e. The zero-order valence-electron chi connectivity index (χ0n) is 11.5. The molecule has 2 nitrogen and oxygen atoms in total. The van der Waals surface area contributed by atoms with Gasteiger partial charge in [0.15, 0.2) is 0 Å². The minimum absolute atomic E-state index is 0.530. The highest BCUT2D eigenvalue weighted by Gasteiger charge is 2.19. The molecule has 1 aliphatic heterocycles. The molecule has 1 rings (SSSR count). The molecular formula is C14H29NO. The molecule has 1 fully saturated rings. The summed E-state index contributed by atoms with van der Waals surface area (Å²) in [6.45, 7) is 13.8. The molecule has 0 atom stereocenters. The quantitative estimate of drug-likeness (QED) is 0.691. The van der Waals surface area contributed by atoms with Crippen LogP contribution < -0.4 is 0 Å². The Labute approximate surface area is 101 Å². The Morgan fingerprint density at radius 1 is 1.06 bits per heavy atom. The molecule has 0 N–H and O–H groups in total. The van der Waals surface area contributed by atoms with Crippen LogP contribution in [0.4, 0.5) is 0 Å². The second-order valence-corrected chi connectivity index (χ2v) is 5.95. The standard InChI is InChI=1S/C14H29NO/c1-12(2)7-10-16-14-5-8-15(9-6-14)11-13(3)4/h12-14H,5-11H2,1-4H3. The summed E-state index contributed by atoms with van der Waals surface area (Å²) >= 11 is 0. The van der Waals surface area contributed by atoms with Gasteiger partial charge in [0.05, 0.1) is 6.10 Å². The van der Waals surface area contributed by atoms with Crippen molar-refractivity contribution >= 4 is 0 Å². The van der Waals surface area contributed by atoms with E-state index in [0.717, 1.165) is 18.4 Å². The highest BCUT2D eigenvalue weighted by atomic mass is 16.5. The van der Waals surface area contributed by atoms with Crippen LogP contribution in [0.25, 0.3) is 0 Å². The summed E-state index contributed by atoms with van der Waals surface area (Å²) in [5, 5.41) is 0. The van der Waals surface area contributed by atoms with Crippen molar-refractivity contribution in [1.29, 1.82) is 0 Å². The highest BCUT2D eigenvalue weighted by Crippen LogP contribution is 2.15. The Morgan fingerprint density at radius 2 is 1.69 bits per heavy atom. The van der Waals surface area contributed by atoms with Crippen LogP contribution in [0.1, 0.15) is 47.0 Å². The summed E-state index contributed by atoms with van der Waals surface area (Å²) in [6.07, 6.45) is 4.18. The third-order valence-corrected chi connectivity index (χ3v) is 3.21. The van der Waals surface area contributed by atoms with Gasteiger partial charge in [0.2, 0.25) is 0 Å². The summed E-state index contributed by atoms with van der Waals surface area (Å²) in [5.74, 6) is 1.56. The van der Waals surface area contributed by atoms with Gasteiger partial charge in [-0.15, -0.1) is 0 Å².